The summed E-state index contributed by atoms with van der Waals surface area (Å²) < 4.78 is 0. The van der Waals surface area contributed by atoms with E-state index in [1.165, 1.54) is 17.7 Å². The van der Waals surface area contributed by atoms with Gasteiger partial charge < -0.3 is 0 Å². The molecule has 0 aromatic rings. The Labute approximate surface area is 59.7 Å². The lowest BCUT2D eigenvalue weighted by Crippen LogP contribution is -1.97. The third-order valence-electron chi connectivity index (χ3n) is 1.34. The monoisotopic (exact) mass is 139 g/mol. The zero-order chi connectivity index (χ0) is 6.53. The molecule has 0 amide bonds. The molecule has 48 valence electrons. The number of nitriles is 1. The molecule has 2 heteroatoms. The number of thioether (sulfide) groups is 1. The summed E-state index contributed by atoms with van der Waals surface area (Å²) in [6.07, 6.45) is 4.07. The van der Waals surface area contributed by atoms with Gasteiger partial charge in [0.1, 0.15) is 0 Å². The largest absolute Gasteiger partial charge is 0.193 e. The van der Waals surface area contributed by atoms with Gasteiger partial charge in [-0.2, -0.15) is 17.0 Å². The molecule has 1 saturated heterocycles. The van der Waals surface area contributed by atoms with Crippen molar-refractivity contribution in [2.75, 3.05) is 11.5 Å². The SMILES string of the molecule is N#C/C=C1/CCCSC1. The summed E-state index contributed by atoms with van der Waals surface area (Å²) in [5.41, 5.74) is 1.31. The van der Waals surface area contributed by atoms with Crippen LogP contribution in [0, 0.1) is 11.3 Å². The molecule has 1 nitrogen and oxygen atoms in total. The second-order valence-corrected chi connectivity index (χ2v) is 3.19. The number of rotatable bonds is 0. The predicted octanol–water partition coefficient (Wildman–Crippen LogP) is 1.96. The highest BCUT2D eigenvalue weighted by Gasteiger charge is 2.03. The van der Waals surface area contributed by atoms with Crippen LogP contribution in [0.15, 0.2) is 11.6 Å². The Morgan fingerprint density at radius 1 is 1.67 bits per heavy atom. The lowest BCUT2D eigenvalue weighted by Gasteiger charge is -2.10. The molecule has 0 spiro atoms. The smallest absolute Gasteiger partial charge is 0.0911 e. The van der Waals surface area contributed by atoms with Crippen molar-refractivity contribution in [2.24, 2.45) is 0 Å². The molecule has 0 aromatic carbocycles. The van der Waals surface area contributed by atoms with Gasteiger partial charge in [-0.25, -0.2) is 0 Å². The molecule has 0 bridgehead atoms. The van der Waals surface area contributed by atoms with Crippen LogP contribution in [0.4, 0.5) is 0 Å². The first kappa shape index (κ1) is 6.70. The molecular formula is C7H9NS. The van der Waals surface area contributed by atoms with Crippen LogP contribution in [-0.4, -0.2) is 11.5 Å². The molecule has 9 heavy (non-hydrogen) atoms. The highest BCUT2D eigenvalue weighted by Crippen LogP contribution is 2.20. The van der Waals surface area contributed by atoms with Gasteiger partial charge in [-0.15, -0.1) is 0 Å². The van der Waals surface area contributed by atoms with E-state index in [1.807, 2.05) is 11.8 Å². The van der Waals surface area contributed by atoms with E-state index in [9.17, 15) is 0 Å². The Kier molecular flexibility index (Phi) is 2.66. The topological polar surface area (TPSA) is 23.8 Å². The zero-order valence-electron chi connectivity index (χ0n) is 5.26. The second kappa shape index (κ2) is 3.58. The van der Waals surface area contributed by atoms with Crippen LogP contribution in [-0.2, 0) is 0 Å². The lowest BCUT2D eigenvalue weighted by atomic mass is 10.1. The number of hydrogen-bond donors (Lipinski definition) is 0. The van der Waals surface area contributed by atoms with E-state index in [4.69, 9.17) is 5.26 Å². The molecular weight excluding hydrogens is 130 g/mol. The Morgan fingerprint density at radius 2 is 2.56 bits per heavy atom. The maximum absolute atomic E-state index is 8.28. The summed E-state index contributed by atoms with van der Waals surface area (Å²) in [5, 5.41) is 8.28. The zero-order valence-corrected chi connectivity index (χ0v) is 6.08. The fourth-order valence-electron chi connectivity index (χ4n) is 0.882. The van der Waals surface area contributed by atoms with Crippen LogP contribution < -0.4 is 0 Å². The van der Waals surface area contributed by atoms with Gasteiger partial charge in [0, 0.05) is 11.8 Å². The van der Waals surface area contributed by atoms with E-state index in [2.05, 4.69) is 6.07 Å². The number of hydrogen-bond acceptors (Lipinski definition) is 2. The summed E-state index contributed by atoms with van der Waals surface area (Å²) in [6.45, 7) is 0. The third kappa shape index (κ3) is 2.11. The fourth-order valence-corrected chi connectivity index (χ4v) is 1.86. The average molecular weight is 139 g/mol. The molecule has 0 saturated carbocycles. The van der Waals surface area contributed by atoms with E-state index in [0.29, 0.717) is 0 Å². The van der Waals surface area contributed by atoms with E-state index >= 15 is 0 Å². The van der Waals surface area contributed by atoms with Gasteiger partial charge in [0.05, 0.1) is 6.07 Å². The fraction of sp³-hybridized carbons (Fsp3) is 0.571. The summed E-state index contributed by atoms with van der Waals surface area (Å²) in [5.74, 6) is 2.34. The number of allylic oxidation sites excluding steroid dienone is 1. The van der Waals surface area contributed by atoms with Gasteiger partial charge in [0.25, 0.3) is 0 Å². The van der Waals surface area contributed by atoms with Crippen molar-refractivity contribution in [3.05, 3.63) is 11.6 Å². The highest BCUT2D eigenvalue weighted by atomic mass is 32.2. The first-order valence-corrected chi connectivity index (χ1v) is 4.24. The maximum Gasteiger partial charge on any atom is 0.0911 e. The van der Waals surface area contributed by atoms with Gasteiger partial charge in [0.15, 0.2) is 0 Å². The minimum absolute atomic E-state index is 1.08. The minimum atomic E-state index is 1.08. The van der Waals surface area contributed by atoms with Crippen LogP contribution in [0.3, 0.4) is 0 Å². The highest BCUT2D eigenvalue weighted by molar-refractivity contribution is 7.99. The third-order valence-corrected chi connectivity index (χ3v) is 2.49. The molecule has 1 aliphatic rings. The van der Waals surface area contributed by atoms with E-state index in [1.54, 1.807) is 6.08 Å². The summed E-state index contributed by atoms with van der Waals surface area (Å²) in [7, 11) is 0. The van der Waals surface area contributed by atoms with Gasteiger partial charge in [-0.05, 0) is 24.2 Å². The Hall–Kier alpha value is -0.420. The van der Waals surface area contributed by atoms with Crippen LogP contribution in [0.5, 0.6) is 0 Å². The Morgan fingerprint density at radius 3 is 3.11 bits per heavy atom. The van der Waals surface area contributed by atoms with Gasteiger partial charge >= 0.3 is 0 Å². The molecule has 1 aliphatic heterocycles. The maximum atomic E-state index is 8.28. The molecule has 1 heterocycles. The standard InChI is InChI=1S/C7H9NS/c8-4-3-7-2-1-5-9-6-7/h3H,1-2,5-6H2/b7-3-. The van der Waals surface area contributed by atoms with Crippen LogP contribution in [0.25, 0.3) is 0 Å². The van der Waals surface area contributed by atoms with E-state index in [0.717, 1.165) is 12.2 Å². The Balaban J connectivity index is 2.42. The van der Waals surface area contributed by atoms with Gasteiger partial charge in [-0.3, -0.25) is 0 Å². The van der Waals surface area contributed by atoms with Crippen LogP contribution >= 0.6 is 11.8 Å². The van der Waals surface area contributed by atoms with Crippen molar-refractivity contribution < 1.29 is 0 Å². The molecule has 0 atom stereocenters. The van der Waals surface area contributed by atoms with Crippen LogP contribution in [0.1, 0.15) is 12.8 Å². The summed E-state index contributed by atoms with van der Waals surface area (Å²) >= 11 is 1.92. The predicted molar refractivity (Wildman–Crippen MR) is 40.3 cm³/mol. The van der Waals surface area contributed by atoms with Crippen molar-refractivity contribution in [2.45, 2.75) is 12.8 Å². The first-order chi connectivity index (χ1) is 4.43. The van der Waals surface area contributed by atoms with Crippen molar-refractivity contribution >= 4 is 11.8 Å². The molecule has 1 fully saturated rings. The average Bonchev–Trinajstić information content (AvgIpc) is 1.91. The van der Waals surface area contributed by atoms with Crippen molar-refractivity contribution in [1.29, 1.82) is 5.26 Å². The normalized spacial score (nSPS) is 23.7. The van der Waals surface area contributed by atoms with Crippen LogP contribution in [0.2, 0.25) is 0 Å². The van der Waals surface area contributed by atoms with Crippen molar-refractivity contribution in [1.82, 2.24) is 0 Å². The summed E-state index contributed by atoms with van der Waals surface area (Å²) in [6, 6.07) is 2.06. The molecule has 0 aromatic heterocycles. The van der Waals surface area contributed by atoms with Crippen molar-refractivity contribution in [3.8, 4) is 6.07 Å². The first-order valence-electron chi connectivity index (χ1n) is 3.09. The van der Waals surface area contributed by atoms with Gasteiger partial charge in [0.2, 0.25) is 0 Å². The second-order valence-electron chi connectivity index (χ2n) is 2.09. The lowest BCUT2D eigenvalue weighted by molar-refractivity contribution is 0.900. The molecule has 0 N–H and O–H groups in total. The quantitative estimate of drug-likeness (QED) is 0.479. The minimum Gasteiger partial charge on any atom is -0.193 e. The number of nitrogens with zero attached hydrogens (tertiary/aromatic N) is 1. The molecule has 0 aliphatic carbocycles. The summed E-state index contributed by atoms with van der Waals surface area (Å²) in [4.78, 5) is 0. The Bertz CT molecular complexity index is 147. The van der Waals surface area contributed by atoms with Crippen molar-refractivity contribution in [3.63, 3.8) is 0 Å². The van der Waals surface area contributed by atoms with E-state index < -0.39 is 0 Å². The molecule has 1 rings (SSSR count). The molecule has 0 unspecified atom stereocenters. The van der Waals surface area contributed by atoms with E-state index in [-0.39, 0.29) is 0 Å². The van der Waals surface area contributed by atoms with Gasteiger partial charge in [-0.1, -0.05) is 0 Å². The molecule has 0 radical (unpaired) electrons.